The third kappa shape index (κ3) is 9.82. The molecule has 0 heterocycles. The van der Waals surface area contributed by atoms with Gasteiger partial charge in [-0.25, -0.2) is 0 Å². The van der Waals surface area contributed by atoms with Crippen molar-refractivity contribution in [2.45, 2.75) is 19.4 Å². The average molecular weight is 188 g/mol. The minimum Gasteiger partial charge on any atom is -0.445 e. The molecule has 0 saturated heterocycles. The molecule has 1 atom stereocenters. The first-order chi connectivity index (χ1) is 6.31. The molecule has 0 aromatic carbocycles. The summed E-state index contributed by atoms with van der Waals surface area (Å²) in [5.41, 5.74) is 0. The van der Waals surface area contributed by atoms with Gasteiger partial charge in [0.25, 0.3) is 8.05 Å². The van der Waals surface area contributed by atoms with Gasteiger partial charge in [0, 0.05) is 6.61 Å². The van der Waals surface area contributed by atoms with Crippen LogP contribution in [-0.4, -0.2) is 52.3 Å². The van der Waals surface area contributed by atoms with Crippen LogP contribution in [0.15, 0.2) is 0 Å². The molecule has 0 spiro atoms. The van der Waals surface area contributed by atoms with Crippen LogP contribution in [-0.2, 0) is 14.1 Å². The van der Waals surface area contributed by atoms with Gasteiger partial charge in [-0.15, -0.1) is 0 Å². The zero-order valence-corrected chi connectivity index (χ0v) is 8.07. The Morgan fingerprint density at radius 2 is 1.85 bits per heavy atom. The summed E-state index contributed by atoms with van der Waals surface area (Å²) in [6.45, 7) is 4.16. The van der Waals surface area contributed by atoms with Gasteiger partial charge in [-0.2, -0.15) is 0 Å². The molecular weight excluding hydrogens is 171 g/mol. The lowest BCUT2D eigenvalue weighted by Gasteiger charge is -2.10. The van der Waals surface area contributed by atoms with E-state index in [4.69, 9.17) is 22.6 Å². The molecule has 0 bridgehead atoms. The highest BCUT2D eigenvalue weighted by molar-refractivity contribution is 5.97. The van der Waals surface area contributed by atoms with Crippen LogP contribution in [0.4, 0.5) is 0 Å². The average Bonchev–Trinajstić information content (AvgIpc) is 2.11. The van der Waals surface area contributed by atoms with E-state index in [1.165, 1.54) is 0 Å². The van der Waals surface area contributed by atoms with Crippen molar-refractivity contribution in [1.29, 1.82) is 0 Å². The minimum atomic E-state index is -0.656. The van der Waals surface area contributed by atoms with Crippen LogP contribution >= 0.6 is 0 Å². The van der Waals surface area contributed by atoms with Crippen molar-refractivity contribution in [2.75, 3.05) is 33.0 Å². The Bertz CT molecular complexity index is 102. The van der Waals surface area contributed by atoms with Gasteiger partial charge < -0.3 is 19.2 Å². The molecule has 76 valence electrons. The molecule has 0 saturated carbocycles. The van der Waals surface area contributed by atoms with Crippen molar-refractivity contribution in [3.63, 3.8) is 0 Å². The van der Waals surface area contributed by atoms with E-state index < -0.39 is 6.10 Å². The molecule has 0 rings (SSSR count). The summed E-state index contributed by atoms with van der Waals surface area (Å²) in [4.78, 5) is 0. The minimum absolute atomic E-state index is 0.0931. The van der Waals surface area contributed by atoms with Gasteiger partial charge >= 0.3 is 0 Å². The third-order valence-corrected chi connectivity index (χ3v) is 1.32. The molecule has 13 heavy (non-hydrogen) atoms. The highest BCUT2D eigenvalue weighted by Gasteiger charge is 2.01. The number of ether oxygens (including phenoxy) is 2. The predicted molar refractivity (Wildman–Crippen MR) is 49.6 cm³/mol. The first-order valence-corrected chi connectivity index (χ1v) is 4.46. The first kappa shape index (κ1) is 12.9. The number of hydrogen-bond donors (Lipinski definition) is 1. The standard InChI is InChI=1S/C8H17BO4/c1-2-3-11-4-5-12-6-8(10)7-13-9/h8,10H,2-7H2,1H3. The highest BCUT2D eigenvalue weighted by atomic mass is 16.5. The molecule has 1 N–H and O–H groups in total. The van der Waals surface area contributed by atoms with Crippen molar-refractivity contribution >= 4 is 8.05 Å². The molecule has 0 aliphatic carbocycles. The van der Waals surface area contributed by atoms with Crippen LogP contribution < -0.4 is 0 Å². The van der Waals surface area contributed by atoms with Crippen LogP contribution in [0.1, 0.15) is 13.3 Å². The molecule has 0 amide bonds. The predicted octanol–water partition coefficient (Wildman–Crippen LogP) is -0.109. The Morgan fingerprint density at radius 3 is 2.46 bits per heavy atom. The first-order valence-electron chi connectivity index (χ1n) is 4.46. The normalized spacial score (nSPS) is 13.1. The van der Waals surface area contributed by atoms with E-state index in [0.717, 1.165) is 13.0 Å². The lowest BCUT2D eigenvalue weighted by Crippen LogP contribution is -2.22. The lowest BCUT2D eigenvalue weighted by atomic mass is 10.4. The molecule has 0 aromatic heterocycles. The van der Waals surface area contributed by atoms with Crippen LogP contribution in [0.25, 0.3) is 0 Å². The van der Waals surface area contributed by atoms with E-state index in [1.807, 2.05) is 6.92 Å². The zero-order valence-electron chi connectivity index (χ0n) is 8.07. The molecule has 4 nitrogen and oxygen atoms in total. The van der Waals surface area contributed by atoms with Crippen LogP contribution in [0.5, 0.6) is 0 Å². The highest BCUT2D eigenvalue weighted by Crippen LogP contribution is 1.87. The van der Waals surface area contributed by atoms with Crippen LogP contribution in [0.3, 0.4) is 0 Å². The van der Waals surface area contributed by atoms with Gasteiger partial charge in [-0.1, -0.05) is 6.92 Å². The molecule has 0 aliphatic rings. The smallest absolute Gasteiger partial charge is 0.282 e. The third-order valence-electron chi connectivity index (χ3n) is 1.32. The number of hydrogen-bond acceptors (Lipinski definition) is 4. The summed E-state index contributed by atoms with van der Waals surface area (Å²) in [5.74, 6) is 0. The van der Waals surface area contributed by atoms with Crippen LogP contribution in [0, 0.1) is 0 Å². The molecule has 0 fully saturated rings. The molecule has 5 heteroatoms. The maximum Gasteiger partial charge on any atom is 0.282 e. The monoisotopic (exact) mass is 188 g/mol. The number of aliphatic hydroxyl groups excluding tert-OH is 1. The Labute approximate surface area is 80.6 Å². The molecule has 0 aliphatic heterocycles. The van der Waals surface area contributed by atoms with E-state index in [2.05, 4.69) is 4.65 Å². The van der Waals surface area contributed by atoms with E-state index >= 15 is 0 Å². The second-order valence-corrected chi connectivity index (χ2v) is 2.67. The van der Waals surface area contributed by atoms with Gasteiger partial charge in [-0.05, 0) is 6.42 Å². The Balaban J connectivity index is 2.97. The van der Waals surface area contributed by atoms with E-state index in [-0.39, 0.29) is 13.2 Å². The SMILES string of the molecule is [B]OCC(O)COCCOCCC. The second kappa shape index (κ2) is 9.99. The fourth-order valence-electron chi connectivity index (χ4n) is 0.743. The van der Waals surface area contributed by atoms with Gasteiger partial charge in [0.15, 0.2) is 0 Å². The summed E-state index contributed by atoms with van der Waals surface area (Å²) in [5, 5.41) is 9.08. The van der Waals surface area contributed by atoms with Gasteiger partial charge in [0.1, 0.15) is 0 Å². The van der Waals surface area contributed by atoms with Crippen molar-refractivity contribution in [2.24, 2.45) is 0 Å². The maximum absolute atomic E-state index is 9.08. The van der Waals surface area contributed by atoms with E-state index in [9.17, 15) is 0 Å². The Hall–Kier alpha value is -0.0951. The summed E-state index contributed by atoms with van der Waals surface area (Å²) in [6.07, 6.45) is 0.347. The molecule has 2 radical (unpaired) electrons. The van der Waals surface area contributed by atoms with E-state index in [0.29, 0.717) is 13.2 Å². The van der Waals surface area contributed by atoms with Crippen molar-refractivity contribution in [3.8, 4) is 0 Å². The van der Waals surface area contributed by atoms with Crippen molar-refractivity contribution in [3.05, 3.63) is 0 Å². The summed E-state index contributed by atoms with van der Waals surface area (Å²) >= 11 is 0. The largest absolute Gasteiger partial charge is 0.445 e. The Kier molecular flexibility index (Phi) is 9.92. The maximum atomic E-state index is 9.08. The molecule has 1 unspecified atom stereocenters. The lowest BCUT2D eigenvalue weighted by molar-refractivity contribution is -0.00976. The topological polar surface area (TPSA) is 47.9 Å². The van der Waals surface area contributed by atoms with Crippen molar-refractivity contribution in [1.82, 2.24) is 0 Å². The summed E-state index contributed by atoms with van der Waals surface area (Å²) in [6, 6.07) is 0. The van der Waals surface area contributed by atoms with Crippen LogP contribution in [0.2, 0.25) is 0 Å². The summed E-state index contributed by atoms with van der Waals surface area (Å²) in [7, 11) is 4.76. The number of rotatable bonds is 9. The van der Waals surface area contributed by atoms with Gasteiger partial charge in [-0.3, -0.25) is 0 Å². The molecule has 0 aromatic rings. The quantitative estimate of drug-likeness (QED) is 0.405. The summed E-state index contributed by atoms with van der Waals surface area (Å²) < 4.78 is 14.5. The second-order valence-electron chi connectivity index (χ2n) is 2.67. The fourth-order valence-corrected chi connectivity index (χ4v) is 0.743. The number of aliphatic hydroxyl groups is 1. The fraction of sp³-hybridized carbons (Fsp3) is 1.00. The van der Waals surface area contributed by atoms with Gasteiger partial charge in [0.05, 0.1) is 32.5 Å². The molecular formula is C8H17BO4. The van der Waals surface area contributed by atoms with Gasteiger partial charge in [0.2, 0.25) is 0 Å². The Morgan fingerprint density at radius 1 is 1.15 bits per heavy atom. The van der Waals surface area contributed by atoms with Crippen molar-refractivity contribution < 1.29 is 19.2 Å². The van der Waals surface area contributed by atoms with E-state index in [1.54, 1.807) is 0 Å². The zero-order chi connectivity index (χ0) is 9.94.